The Balaban J connectivity index is 1.65. The van der Waals surface area contributed by atoms with Gasteiger partial charge in [-0.1, -0.05) is 42.5 Å². The van der Waals surface area contributed by atoms with E-state index in [2.05, 4.69) is 15.5 Å². The Labute approximate surface area is 131 Å². The van der Waals surface area contributed by atoms with Gasteiger partial charge in [-0.25, -0.2) is 5.43 Å². The van der Waals surface area contributed by atoms with Crippen LogP contribution < -0.4 is 5.43 Å². The molecule has 112 valence electrons. The van der Waals surface area contributed by atoms with E-state index in [0.29, 0.717) is 17.2 Å². The Morgan fingerprint density at radius 1 is 1.00 bits per heavy atom. The molecule has 0 amide bonds. The van der Waals surface area contributed by atoms with E-state index in [0.717, 1.165) is 16.3 Å². The maximum absolute atomic E-state index is 10.1. The largest absolute Gasteiger partial charge is 0.507 e. The summed E-state index contributed by atoms with van der Waals surface area (Å²) in [4.78, 5) is 4.27. The van der Waals surface area contributed by atoms with Crippen LogP contribution in [0.1, 0.15) is 5.56 Å². The van der Waals surface area contributed by atoms with Crippen LogP contribution in [0.25, 0.3) is 21.9 Å². The highest BCUT2D eigenvalue weighted by atomic mass is 16.4. The van der Waals surface area contributed by atoms with Crippen molar-refractivity contribution in [2.75, 3.05) is 5.43 Å². The van der Waals surface area contributed by atoms with Crippen molar-refractivity contribution in [2.45, 2.75) is 0 Å². The van der Waals surface area contributed by atoms with Crippen LogP contribution in [0.15, 0.2) is 70.2 Å². The summed E-state index contributed by atoms with van der Waals surface area (Å²) in [6.07, 6.45) is 1.56. The van der Waals surface area contributed by atoms with Gasteiger partial charge in [-0.15, -0.1) is 0 Å². The molecule has 0 aliphatic heterocycles. The minimum absolute atomic E-state index is 0.173. The zero-order valence-corrected chi connectivity index (χ0v) is 12.1. The molecular formula is C18H13N3O2. The normalized spacial score (nSPS) is 11.5. The summed E-state index contributed by atoms with van der Waals surface area (Å²) in [6, 6.07) is 19.1. The topological polar surface area (TPSA) is 70.7 Å². The van der Waals surface area contributed by atoms with Crippen LogP contribution in [0.4, 0.5) is 6.01 Å². The van der Waals surface area contributed by atoms with Crippen molar-refractivity contribution >= 4 is 34.1 Å². The molecule has 4 aromatic rings. The van der Waals surface area contributed by atoms with Crippen molar-refractivity contribution in [1.29, 1.82) is 0 Å². The number of hydrogen-bond acceptors (Lipinski definition) is 5. The van der Waals surface area contributed by atoms with Crippen LogP contribution in [-0.2, 0) is 0 Å². The van der Waals surface area contributed by atoms with Gasteiger partial charge in [-0.3, -0.25) is 0 Å². The number of nitrogens with zero attached hydrogens (tertiary/aromatic N) is 2. The lowest BCUT2D eigenvalue weighted by molar-refractivity contribution is 0.475. The van der Waals surface area contributed by atoms with Crippen molar-refractivity contribution in [3.05, 3.63) is 66.2 Å². The molecular weight excluding hydrogens is 290 g/mol. The van der Waals surface area contributed by atoms with Gasteiger partial charge in [0.15, 0.2) is 5.58 Å². The van der Waals surface area contributed by atoms with E-state index >= 15 is 0 Å². The molecule has 0 fully saturated rings. The molecule has 23 heavy (non-hydrogen) atoms. The summed E-state index contributed by atoms with van der Waals surface area (Å²) >= 11 is 0. The number of aromatic nitrogens is 1. The third kappa shape index (κ3) is 2.48. The summed E-state index contributed by atoms with van der Waals surface area (Å²) in [5.74, 6) is 0.173. The molecule has 1 aromatic heterocycles. The lowest BCUT2D eigenvalue weighted by Gasteiger charge is -2.04. The fourth-order valence-corrected chi connectivity index (χ4v) is 2.49. The van der Waals surface area contributed by atoms with Crippen LogP contribution >= 0.6 is 0 Å². The molecule has 0 spiro atoms. The maximum atomic E-state index is 10.1. The summed E-state index contributed by atoms with van der Waals surface area (Å²) in [7, 11) is 0. The third-order valence-corrected chi connectivity index (χ3v) is 3.60. The van der Waals surface area contributed by atoms with Crippen LogP contribution in [0.3, 0.4) is 0 Å². The Morgan fingerprint density at radius 3 is 2.74 bits per heavy atom. The Kier molecular flexibility index (Phi) is 3.16. The van der Waals surface area contributed by atoms with Gasteiger partial charge in [0, 0.05) is 5.56 Å². The first-order valence-corrected chi connectivity index (χ1v) is 7.16. The fourth-order valence-electron chi connectivity index (χ4n) is 2.49. The second-order valence-corrected chi connectivity index (χ2v) is 5.08. The molecule has 0 radical (unpaired) electrons. The zero-order valence-electron chi connectivity index (χ0n) is 12.1. The van der Waals surface area contributed by atoms with E-state index < -0.39 is 0 Å². The number of para-hydroxylation sites is 2. The van der Waals surface area contributed by atoms with Crippen LogP contribution in [0.2, 0.25) is 0 Å². The van der Waals surface area contributed by atoms with Gasteiger partial charge in [0.25, 0.3) is 0 Å². The van der Waals surface area contributed by atoms with E-state index in [4.69, 9.17) is 4.42 Å². The SMILES string of the molecule is Oc1ccc2ccccc2c1/C=N/Nc1nc2ccccc2o1. The summed E-state index contributed by atoms with van der Waals surface area (Å²) in [5, 5.41) is 16.2. The van der Waals surface area contributed by atoms with Gasteiger partial charge in [0.05, 0.1) is 6.21 Å². The number of benzene rings is 3. The molecule has 0 bridgehead atoms. The number of phenols is 1. The number of hydrogen-bond donors (Lipinski definition) is 2. The standard InChI is InChI=1S/C18H13N3O2/c22-16-10-9-12-5-1-2-6-13(12)14(16)11-19-21-18-20-15-7-3-4-8-17(15)23-18/h1-11,22H,(H,20,21)/b19-11+. The first-order valence-electron chi connectivity index (χ1n) is 7.16. The third-order valence-electron chi connectivity index (χ3n) is 3.60. The van der Waals surface area contributed by atoms with E-state index in [-0.39, 0.29) is 5.75 Å². The average molecular weight is 303 g/mol. The van der Waals surface area contributed by atoms with Gasteiger partial charge in [-0.2, -0.15) is 10.1 Å². The summed E-state index contributed by atoms with van der Waals surface area (Å²) in [5.41, 5.74) is 4.86. The van der Waals surface area contributed by atoms with Crippen molar-refractivity contribution in [3.8, 4) is 5.75 Å². The van der Waals surface area contributed by atoms with Crippen molar-refractivity contribution in [1.82, 2.24) is 4.98 Å². The molecule has 0 aliphatic rings. The first-order chi connectivity index (χ1) is 11.3. The number of phenolic OH excluding ortho intramolecular Hbond substituents is 1. The number of rotatable bonds is 3. The molecule has 3 aromatic carbocycles. The van der Waals surface area contributed by atoms with E-state index in [1.165, 1.54) is 0 Å². The molecule has 5 heteroatoms. The number of nitrogens with one attached hydrogen (secondary N) is 1. The molecule has 0 saturated heterocycles. The predicted molar refractivity (Wildman–Crippen MR) is 90.8 cm³/mol. The number of anilines is 1. The zero-order chi connectivity index (χ0) is 15.6. The monoisotopic (exact) mass is 303 g/mol. The molecule has 0 atom stereocenters. The quantitative estimate of drug-likeness (QED) is 0.441. The van der Waals surface area contributed by atoms with Gasteiger partial charge < -0.3 is 9.52 Å². The Bertz CT molecular complexity index is 988. The second kappa shape index (κ2) is 5.46. The maximum Gasteiger partial charge on any atom is 0.316 e. The van der Waals surface area contributed by atoms with Gasteiger partial charge in [0.2, 0.25) is 0 Å². The van der Waals surface area contributed by atoms with Gasteiger partial charge >= 0.3 is 6.01 Å². The number of fused-ring (bicyclic) bond motifs is 2. The second-order valence-electron chi connectivity index (χ2n) is 5.08. The summed E-state index contributed by atoms with van der Waals surface area (Å²) in [6.45, 7) is 0. The smallest absolute Gasteiger partial charge is 0.316 e. The van der Waals surface area contributed by atoms with E-state index in [9.17, 15) is 5.11 Å². The molecule has 5 nitrogen and oxygen atoms in total. The molecule has 4 rings (SSSR count). The van der Waals surface area contributed by atoms with Crippen molar-refractivity contribution < 1.29 is 9.52 Å². The lowest BCUT2D eigenvalue weighted by atomic mass is 10.0. The Hall–Kier alpha value is -3.34. The molecule has 0 unspecified atom stereocenters. The highest BCUT2D eigenvalue weighted by Crippen LogP contribution is 2.25. The van der Waals surface area contributed by atoms with Crippen LogP contribution in [-0.4, -0.2) is 16.3 Å². The van der Waals surface area contributed by atoms with Crippen molar-refractivity contribution in [2.24, 2.45) is 5.10 Å². The summed E-state index contributed by atoms with van der Waals surface area (Å²) < 4.78 is 5.53. The number of aromatic hydroxyl groups is 1. The average Bonchev–Trinajstić information content (AvgIpc) is 2.99. The minimum atomic E-state index is 0.173. The Morgan fingerprint density at radius 2 is 1.83 bits per heavy atom. The van der Waals surface area contributed by atoms with E-state index in [1.54, 1.807) is 12.3 Å². The molecule has 2 N–H and O–H groups in total. The van der Waals surface area contributed by atoms with Crippen LogP contribution in [0.5, 0.6) is 5.75 Å². The highest BCUT2D eigenvalue weighted by Gasteiger charge is 2.05. The van der Waals surface area contributed by atoms with E-state index in [1.807, 2.05) is 54.6 Å². The predicted octanol–water partition coefficient (Wildman–Crippen LogP) is 4.13. The first kappa shape index (κ1) is 13.3. The molecule has 1 heterocycles. The van der Waals surface area contributed by atoms with Gasteiger partial charge in [0.1, 0.15) is 11.3 Å². The van der Waals surface area contributed by atoms with Crippen molar-refractivity contribution in [3.63, 3.8) is 0 Å². The fraction of sp³-hybridized carbons (Fsp3) is 0. The molecule has 0 aliphatic carbocycles. The number of hydrazone groups is 1. The highest BCUT2D eigenvalue weighted by molar-refractivity contribution is 6.02. The molecule has 0 saturated carbocycles. The minimum Gasteiger partial charge on any atom is -0.507 e. The van der Waals surface area contributed by atoms with Gasteiger partial charge in [-0.05, 0) is 29.0 Å². The lowest BCUT2D eigenvalue weighted by Crippen LogP contribution is -1.92. The number of oxazole rings is 1. The van der Waals surface area contributed by atoms with Crippen LogP contribution in [0, 0.1) is 0 Å².